The molecule has 0 amide bonds. The lowest BCUT2D eigenvalue weighted by Gasteiger charge is -2.33. The molecule has 1 fully saturated rings. The maximum Gasteiger partial charge on any atom is 0.303 e. The number of morpholine rings is 1. The van der Waals surface area contributed by atoms with Crippen LogP contribution >= 0.6 is 0 Å². The van der Waals surface area contributed by atoms with Crippen LogP contribution in [0, 0.1) is 5.82 Å². The molecule has 0 saturated carbocycles. The van der Waals surface area contributed by atoms with Crippen molar-refractivity contribution in [1.82, 2.24) is 4.90 Å². The molecule has 4 nitrogen and oxygen atoms in total. The molecular formula is C14H18FNO3. The monoisotopic (exact) mass is 267 g/mol. The Balaban J connectivity index is 1.90. The Bertz CT molecular complexity index is 438. The van der Waals surface area contributed by atoms with Crippen molar-refractivity contribution >= 4 is 5.97 Å². The molecule has 0 unspecified atom stereocenters. The Labute approximate surface area is 111 Å². The molecule has 1 saturated heterocycles. The molecule has 1 heterocycles. The van der Waals surface area contributed by atoms with Crippen molar-refractivity contribution in [1.29, 1.82) is 0 Å². The molecule has 1 aliphatic rings. The van der Waals surface area contributed by atoms with E-state index in [2.05, 4.69) is 4.90 Å². The summed E-state index contributed by atoms with van der Waals surface area (Å²) in [4.78, 5) is 12.6. The number of benzene rings is 1. The molecule has 1 atom stereocenters. The first-order valence-corrected chi connectivity index (χ1v) is 6.47. The van der Waals surface area contributed by atoms with E-state index in [0.717, 1.165) is 6.54 Å². The summed E-state index contributed by atoms with van der Waals surface area (Å²) < 4.78 is 19.3. The van der Waals surface area contributed by atoms with Gasteiger partial charge in [0, 0.05) is 25.1 Å². The minimum Gasteiger partial charge on any atom is -0.481 e. The first-order valence-electron chi connectivity index (χ1n) is 6.47. The quantitative estimate of drug-likeness (QED) is 0.887. The van der Waals surface area contributed by atoms with Crippen LogP contribution in [0.2, 0.25) is 0 Å². The van der Waals surface area contributed by atoms with Crippen LogP contribution < -0.4 is 0 Å². The lowest BCUT2D eigenvalue weighted by molar-refractivity contribution is -0.137. The predicted octanol–water partition coefficient (Wildman–Crippen LogP) is 2.06. The van der Waals surface area contributed by atoms with E-state index >= 15 is 0 Å². The number of rotatable bonds is 5. The average molecular weight is 267 g/mol. The maximum atomic E-state index is 13.7. The first-order chi connectivity index (χ1) is 9.16. The highest BCUT2D eigenvalue weighted by Crippen LogP contribution is 2.24. The Morgan fingerprint density at radius 3 is 3.00 bits per heavy atom. The Morgan fingerprint density at radius 1 is 1.47 bits per heavy atom. The third-order valence-electron chi connectivity index (χ3n) is 3.27. The summed E-state index contributed by atoms with van der Waals surface area (Å²) in [6.07, 6.45) is 0.515. The minimum atomic E-state index is -0.779. The zero-order valence-electron chi connectivity index (χ0n) is 10.7. The largest absolute Gasteiger partial charge is 0.481 e. The van der Waals surface area contributed by atoms with Crippen molar-refractivity contribution in [3.63, 3.8) is 0 Å². The van der Waals surface area contributed by atoms with E-state index in [4.69, 9.17) is 9.84 Å². The van der Waals surface area contributed by atoms with Crippen LogP contribution in [0.25, 0.3) is 0 Å². The molecule has 0 radical (unpaired) electrons. The van der Waals surface area contributed by atoms with Crippen LogP contribution in [-0.2, 0) is 9.53 Å². The van der Waals surface area contributed by atoms with Gasteiger partial charge >= 0.3 is 5.97 Å². The Kier molecular flexibility index (Phi) is 4.87. The number of aliphatic carboxylic acids is 1. The van der Waals surface area contributed by atoms with Crippen LogP contribution in [0.15, 0.2) is 24.3 Å². The molecule has 2 rings (SSSR count). The van der Waals surface area contributed by atoms with Crippen LogP contribution in [0.3, 0.4) is 0 Å². The highest BCUT2D eigenvalue weighted by molar-refractivity contribution is 5.66. The summed E-state index contributed by atoms with van der Waals surface area (Å²) in [7, 11) is 0. The van der Waals surface area contributed by atoms with Gasteiger partial charge in [0.05, 0.1) is 12.7 Å². The number of carbonyl (C=O) groups is 1. The number of carboxylic acid groups (broad SMARTS) is 1. The Morgan fingerprint density at radius 2 is 2.26 bits per heavy atom. The highest BCUT2D eigenvalue weighted by atomic mass is 19.1. The van der Waals surface area contributed by atoms with Gasteiger partial charge in [0.2, 0.25) is 0 Å². The van der Waals surface area contributed by atoms with E-state index in [1.54, 1.807) is 18.2 Å². The van der Waals surface area contributed by atoms with Gasteiger partial charge in [-0.05, 0) is 19.0 Å². The van der Waals surface area contributed by atoms with E-state index in [1.807, 2.05) is 0 Å². The molecule has 5 heteroatoms. The predicted molar refractivity (Wildman–Crippen MR) is 68.4 cm³/mol. The molecular weight excluding hydrogens is 249 g/mol. The summed E-state index contributed by atoms with van der Waals surface area (Å²) in [5, 5.41) is 8.62. The van der Waals surface area contributed by atoms with Crippen LogP contribution in [-0.4, -0.2) is 42.2 Å². The second kappa shape index (κ2) is 6.63. The molecule has 1 aliphatic heterocycles. The maximum absolute atomic E-state index is 13.7. The van der Waals surface area contributed by atoms with Crippen molar-refractivity contribution in [2.24, 2.45) is 0 Å². The zero-order chi connectivity index (χ0) is 13.7. The summed E-state index contributed by atoms with van der Waals surface area (Å²) in [6.45, 7) is 2.64. The molecule has 1 aromatic carbocycles. The van der Waals surface area contributed by atoms with Gasteiger partial charge in [0.25, 0.3) is 0 Å². The average Bonchev–Trinajstić information content (AvgIpc) is 2.39. The lowest BCUT2D eigenvalue weighted by Crippen LogP contribution is -2.39. The fourth-order valence-electron chi connectivity index (χ4n) is 2.28. The lowest BCUT2D eigenvalue weighted by atomic mass is 10.1. The van der Waals surface area contributed by atoms with Crippen LogP contribution in [0.5, 0.6) is 0 Å². The van der Waals surface area contributed by atoms with Gasteiger partial charge < -0.3 is 9.84 Å². The first kappa shape index (κ1) is 14.0. The third kappa shape index (κ3) is 4.01. The molecule has 19 heavy (non-hydrogen) atoms. The SMILES string of the molecule is O=C(O)CCCN1CCO[C@@H](c2ccccc2F)C1. The summed E-state index contributed by atoms with van der Waals surface area (Å²) >= 11 is 0. The highest BCUT2D eigenvalue weighted by Gasteiger charge is 2.23. The van der Waals surface area contributed by atoms with Crippen molar-refractivity contribution in [3.05, 3.63) is 35.6 Å². The van der Waals surface area contributed by atoms with Gasteiger partial charge in [0.1, 0.15) is 5.82 Å². The van der Waals surface area contributed by atoms with Crippen molar-refractivity contribution in [3.8, 4) is 0 Å². The number of nitrogens with zero attached hydrogens (tertiary/aromatic N) is 1. The van der Waals surface area contributed by atoms with Gasteiger partial charge in [0.15, 0.2) is 0 Å². The fraction of sp³-hybridized carbons (Fsp3) is 0.500. The standard InChI is InChI=1S/C14H18FNO3/c15-12-5-2-1-4-11(12)13-10-16(8-9-19-13)7-3-6-14(17)18/h1-2,4-5,13H,3,6-10H2,(H,17,18)/t13-/m1/s1. The van der Waals surface area contributed by atoms with Crippen molar-refractivity contribution in [2.75, 3.05) is 26.2 Å². The van der Waals surface area contributed by atoms with Crippen LogP contribution in [0.4, 0.5) is 4.39 Å². The van der Waals surface area contributed by atoms with Gasteiger partial charge in [-0.1, -0.05) is 18.2 Å². The number of halogens is 1. The summed E-state index contributed by atoms with van der Waals surface area (Å²) in [5.74, 6) is -1.03. The van der Waals surface area contributed by atoms with Gasteiger partial charge in [-0.15, -0.1) is 0 Å². The fourth-order valence-corrected chi connectivity index (χ4v) is 2.28. The van der Waals surface area contributed by atoms with Crippen molar-refractivity contribution in [2.45, 2.75) is 18.9 Å². The van der Waals surface area contributed by atoms with Gasteiger partial charge in [-0.25, -0.2) is 4.39 Å². The van der Waals surface area contributed by atoms with Crippen LogP contribution in [0.1, 0.15) is 24.5 Å². The number of carboxylic acids is 1. The molecule has 0 bridgehead atoms. The third-order valence-corrected chi connectivity index (χ3v) is 3.27. The number of hydrogen-bond donors (Lipinski definition) is 1. The molecule has 0 aliphatic carbocycles. The van der Waals surface area contributed by atoms with E-state index in [9.17, 15) is 9.18 Å². The molecule has 104 valence electrons. The normalized spacial score (nSPS) is 20.4. The van der Waals surface area contributed by atoms with E-state index in [-0.39, 0.29) is 18.3 Å². The zero-order valence-corrected chi connectivity index (χ0v) is 10.7. The topological polar surface area (TPSA) is 49.8 Å². The second-order valence-electron chi connectivity index (χ2n) is 4.68. The Hall–Kier alpha value is -1.46. The molecule has 1 N–H and O–H groups in total. The number of hydrogen-bond acceptors (Lipinski definition) is 3. The smallest absolute Gasteiger partial charge is 0.303 e. The van der Waals surface area contributed by atoms with Gasteiger partial charge in [-0.2, -0.15) is 0 Å². The molecule has 0 aromatic heterocycles. The van der Waals surface area contributed by atoms with E-state index in [1.165, 1.54) is 6.07 Å². The number of ether oxygens (including phenoxy) is 1. The van der Waals surface area contributed by atoms with E-state index < -0.39 is 5.97 Å². The van der Waals surface area contributed by atoms with Crippen molar-refractivity contribution < 1.29 is 19.0 Å². The second-order valence-corrected chi connectivity index (χ2v) is 4.68. The van der Waals surface area contributed by atoms with E-state index in [0.29, 0.717) is 31.7 Å². The summed E-state index contributed by atoms with van der Waals surface area (Å²) in [6, 6.07) is 6.63. The summed E-state index contributed by atoms with van der Waals surface area (Å²) in [5.41, 5.74) is 0.574. The molecule has 1 aromatic rings. The minimum absolute atomic E-state index is 0.168. The van der Waals surface area contributed by atoms with Gasteiger partial charge in [-0.3, -0.25) is 9.69 Å². The molecule has 0 spiro atoms.